The summed E-state index contributed by atoms with van der Waals surface area (Å²) in [5.41, 5.74) is 2.98. The molecule has 4 nitrogen and oxygen atoms in total. The lowest BCUT2D eigenvalue weighted by atomic mass is 9.99. The molecule has 1 atom stereocenters. The van der Waals surface area contributed by atoms with Crippen LogP contribution in [0.25, 0.3) is 22.3 Å². The molecule has 0 N–H and O–H groups in total. The molecule has 1 aliphatic heterocycles. The summed E-state index contributed by atoms with van der Waals surface area (Å²) in [6, 6.07) is 9.79. The van der Waals surface area contributed by atoms with E-state index in [1.807, 2.05) is 10.6 Å². The molecular formula is C17H14ClFN2O2S. The Kier molecular flexibility index (Phi) is 3.44. The third-order valence-electron chi connectivity index (χ3n) is 4.33. The minimum Gasteiger partial charge on any atom is -0.335 e. The normalized spacial score (nSPS) is 16.9. The molecule has 0 saturated heterocycles. The summed E-state index contributed by atoms with van der Waals surface area (Å²) in [6.07, 6.45) is 1.73. The molecule has 0 spiro atoms. The van der Waals surface area contributed by atoms with E-state index in [1.54, 1.807) is 24.3 Å². The van der Waals surface area contributed by atoms with E-state index in [2.05, 4.69) is 4.98 Å². The second-order valence-corrected chi connectivity index (χ2v) is 8.74. The van der Waals surface area contributed by atoms with Crippen molar-refractivity contribution in [3.8, 4) is 11.4 Å². The van der Waals surface area contributed by atoms with E-state index in [9.17, 15) is 12.8 Å². The highest BCUT2D eigenvalue weighted by Crippen LogP contribution is 2.40. The predicted octanol–water partition coefficient (Wildman–Crippen LogP) is 3.64. The zero-order valence-corrected chi connectivity index (χ0v) is 14.4. The molecule has 0 bridgehead atoms. The van der Waals surface area contributed by atoms with Gasteiger partial charge in [-0.1, -0.05) is 23.7 Å². The van der Waals surface area contributed by atoms with Gasteiger partial charge in [-0.3, -0.25) is 0 Å². The summed E-state index contributed by atoms with van der Waals surface area (Å²) >= 11 is 6.03. The van der Waals surface area contributed by atoms with Crippen molar-refractivity contribution in [2.24, 2.45) is 0 Å². The van der Waals surface area contributed by atoms with Gasteiger partial charge in [0.15, 0.2) is 0 Å². The maximum Gasteiger partial charge on any atom is 0.149 e. The first-order valence-electron chi connectivity index (χ1n) is 7.46. The first-order chi connectivity index (χ1) is 11.3. The zero-order chi connectivity index (χ0) is 17.1. The fraction of sp³-hybridized carbons (Fsp3) is 0.235. The zero-order valence-electron chi connectivity index (χ0n) is 12.8. The Bertz CT molecular complexity index is 1080. The molecule has 3 aromatic rings. The summed E-state index contributed by atoms with van der Waals surface area (Å²) in [6.45, 7) is 0. The van der Waals surface area contributed by atoms with Crippen molar-refractivity contribution in [1.82, 2.24) is 9.55 Å². The molecule has 2 aromatic heterocycles. The number of hydrogen-bond donors (Lipinski definition) is 0. The quantitative estimate of drug-likeness (QED) is 0.652. The van der Waals surface area contributed by atoms with Crippen LogP contribution in [-0.4, -0.2) is 30.0 Å². The minimum absolute atomic E-state index is 0.0115. The Labute approximate surface area is 143 Å². The van der Waals surface area contributed by atoms with Gasteiger partial charge in [-0.2, -0.15) is 0 Å². The highest BCUT2D eigenvalue weighted by atomic mass is 35.5. The third-order valence-corrected chi connectivity index (χ3v) is 5.53. The summed E-state index contributed by atoms with van der Waals surface area (Å²) < 4.78 is 39.8. The summed E-state index contributed by atoms with van der Waals surface area (Å²) in [4.78, 5) is 4.38. The lowest BCUT2D eigenvalue weighted by Crippen LogP contribution is -2.25. The van der Waals surface area contributed by atoms with Gasteiger partial charge in [0.2, 0.25) is 0 Å². The van der Waals surface area contributed by atoms with Crippen LogP contribution in [0.4, 0.5) is 4.39 Å². The van der Waals surface area contributed by atoms with Gasteiger partial charge >= 0.3 is 0 Å². The van der Waals surface area contributed by atoms with Gasteiger partial charge in [0.05, 0.1) is 28.7 Å². The number of hydrogen-bond acceptors (Lipinski definition) is 3. The van der Waals surface area contributed by atoms with Gasteiger partial charge in [0.1, 0.15) is 20.8 Å². The average Bonchev–Trinajstić information content (AvgIpc) is 2.88. The van der Waals surface area contributed by atoms with E-state index in [1.165, 1.54) is 12.3 Å². The minimum atomic E-state index is -3.19. The van der Waals surface area contributed by atoms with Crippen LogP contribution in [0.15, 0.2) is 36.4 Å². The van der Waals surface area contributed by atoms with E-state index >= 15 is 0 Å². The number of benzene rings is 1. The van der Waals surface area contributed by atoms with Gasteiger partial charge < -0.3 is 4.57 Å². The summed E-state index contributed by atoms with van der Waals surface area (Å²) in [7, 11) is -3.19. The van der Waals surface area contributed by atoms with E-state index in [4.69, 9.17) is 11.6 Å². The Morgan fingerprint density at radius 1 is 1.33 bits per heavy atom. The van der Waals surface area contributed by atoms with Crippen molar-refractivity contribution >= 4 is 32.3 Å². The molecule has 0 fully saturated rings. The number of pyridine rings is 1. The molecular weight excluding hydrogens is 351 g/mol. The third kappa shape index (κ3) is 2.50. The first-order valence-corrected chi connectivity index (χ1v) is 9.90. The number of rotatable bonds is 2. The molecule has 1 aliphatic rings. The molecule has 7 heteroatoms. The second kappa shape index (κ2) is 5.29. The second-order valence-electron chi connectivity index (χ2n) is 6.16. The molecule has 0 aliphatic carbocycles. The molecule has 3 heterocycles. The maximum atomic E-state index is 14.2. The van der Waals surface area contributed by atoms with Crippen molar-refractivity contribution in [1.29, 1.82) is 0 Å². The van der Waals surface area contributed by atoms with Gasteiger partial charge in [-0.15, -0.1) is 0 Å². The molecule has 4 rings (SSSR count). The fourth-order valence-electron chi connectivity index (χ4n) is 3.47. The van der Waals surface area contributed by atoms with Crippen LogP contribution in [0.1, 0.15) is 11.6 Å². The lowest BCUT2D eigenvalue weighted by molar-refractivity contribution is 0.533. The van der Waals surface area contributed by atoms with Crippen LogP contribution in [0, 0.1) is 5.82 Å². The van der Waals surface area contributed by atoms with Gasteiger partial charge in [-0.05, 0) is 36.2 Å². The Morgan fingerprint density at radius 2 is 2.12 bits per heavy atom. The van der Waals surface area contributed by atoms with Crippen LogP contribution in [0.3, 0.4) is 0 Å². The summed E-state index contributed by atoms with van der Waals surface area (Å²) in [5.74, 6) is -0.349. The van der Waals surface area contributed by atoms with E-state index in [0.717, 1.165) is 5.56 Å². The molecule has 124 valence electrons. The summed E-state index contributed by atoms with van der Waals surface area (Å²) in [5, 5.41) is 0.813. The molecule has 1 aromatic carbocycles. The Balaban J connectivity index is 2.04. The van der Waals surface area contributed by atoms with Gasteiger partial charge in [-0.25, -0.2) is 17.8 Å². The van der Waals surface area contributed by atoms with Gasteiger partial charge in [0.25, 0.3) is 0 Å². The highest BCUT2D eigenvalue weighted by molar-refractivity contribution is 7.90. The number of aromatic nitrogens is 2. The number of nitrogens with zero attached hydrogens (tertiary/aromatic N) is 2. The SMILES string of the molecule is CS(=O)(=O)CC1Cc2ccc(Cl)nc2-c2cc3c(F)cccc3n21. The first kappa shape index (κ1) is 15.6. The monoisotopic (exact) mass is 364 g/mol. The Hall–Kier alpha value is -1.92. The van der Waals surface area contributed by atoms with Crippen LogP contribution >= 0.6 is 11.6 Å². The predicted molar refractivity (Wildman–Crippen MR) is 92.6 cm³/mol. The topological polar surface area (TPSA) is 52.0 Å². The average molecular weight is 365 g/mol. The van der Waals surface area contributed by atoms with Crippen molar-refractivity contribution in [2.75, 3.05) is 12.0 Å². The van der Waals surface area contributed by atoms with Crippen LogP contribution in [0.5, 0.6) is 0 Å². The number of halogens is 2. The molecule has 1 unspecified atom stereocenters. The van der Waals surface area contributed by atoms with Crippen molar-refractivity contribution in [2.45, 2.75) is 12.5 Å². The standard InChI is InChI=1S/C17H14ClFN2O2S/c1-24(22,23)9-11-7-10-5-6-16(18)20-17(10)15-8-12-13(19)3-2-4-14(12)21(11)15/h2-6,8,11H,7,9H2,1H3. The van der Waals surface area contributed by atoms with E-state index < -0.39 is 9.84 Å². The Morgan fingerprint density at radius 3 is 2.88 bits per heavy atom. The molecule has 0 radical (unpaired) electrons. The lowest BCUT2D eigenvalue weighted by Gasteiger charge is -2.28. The van der Waals surface area contributed by atoms with Crippen LogP contribution in [0.2, 0.25) is 5.15 Å². The number of sulfone groups is 1. The number of fused-ring (bicyclic) bond motifs is 5. The molecule has 0 amide bonds. The van der Waals surface area contributed by atoms with Crippen molar-refractivity contribution in [3.05, 3.63) is 52.9 Å². The fourth-order valence-corrected chi connectivity index (χ4v) is 4.58. The van der Waals surface area contributed by atoms with Crippen LogP contribution < -0.4 is 0 Å². The maximum absolute atomic E-state index is 14.2. The van der Waals surface area contributed by atoms with E-state index in [0.29, 0.717) is 33.9 Å². The highest BCUT2D eigenvalue weighted by Gasteiger charge is 2.30. The van der Waals surface area contributed by atoms with Crippen molar-refractivity contribution in [3.63, 3.8) is 0 Å². The van der Waals surface area contributed by atoms with Crippen LogP contribution in [-0.2, 0) is 16.3 Å². The van der Waals surface area contributed by atoms with Gasteiger partial charge in [0, 0.05) is 11.6 Å². The molecule has 0 saturated carbocycles. The van der Waals surface area contributed by atoms with E-state index in [-0.39, 0.29) is 17.6 Å². The smallest absolute Gasteiger partial charge is 0.149 e. The largest absolute Gasteiger partial charge is 0.335 e. The molecule has 24 heavy (non-hydrogen) atoms. The van der Waals surface area contributed by atoms with Crippen molar-refractivity contribution < 1.29 is 12.8 Å².